The maximum Gasteiger partial charge on any atom is 0.333 e. The van der Waals surface area contributed by atoms with E-state index in [-0.39, 0.29) is 5.88 Å². The summed E-state index contributed by atoms with van der Waals surface area (Å²) in [5.41, 5.74) is 0. The van der Waals surface area contributed by atoms with Crippen molar-refractivity contribution in [2.75, 3.05) is 7.11 Å². The molecule has 0 radical (unpaired) electrons. The lowest BCUT2D eigenvalue weighted by molar-refractivity contribution is 0.397. The Hall–Kier alpha value is -1.17. The highest BCUT2D eigenvalue weighted by atomic mass is 32.3. The molecule has 0 aromatic carbocycles. The maximum absolute atomic E-state index is 12.2. The van der Waals surface area contributed by atoms with Gasteiger partial charge in [-0.2, -0.15) is 8.42 Å². The summed E-state index contributed by atoms with van der Waals surface area (Å²) in [6, 6.07) is 2.35. The highest BCUT2D eigenvalue weighted by Crippen LogP contribution is 2.13. The molecule has 0 aliphatic heterocycles. The van der Waals surface area contributed by atoms with E-state index < -0.39 is 15.1 Å². The third-order valence-electron chi connectivity index (χ3n) is 1.20. The molecule has 0 unspecified atom stereocenters. The smallest absolute Gasteiger partial charge is 0.333 e. The van der Waals surface area contributed by atoms with Gasteiger partial charge in [0.05, 0.1) is 13.3 Å². The number of ether oxygens (including phenoxy) is 1. The number of hydrogen-bond acceptors (Lipinski definition) is 4. The van der Waals surface area contributed by atoms with E-state index in [1.807, 2.05) is 0 Å². The fourth-order valence-electron chi connectivity index (χ4n) is 0.632. The molecule has 1 aromatic rings. The van der Waals surface area contributed by atoms with Crippen molar-refractivity contribution in [3.8, 4) is 5.88 Å². The first kappa shape index (κ1) is 8.92. The van der Waals surface area contributed by atoms with E-state index in [4.69, 9.17) is 0 Å². The van der Waals surface area contributed by atoms with Gasteiger partial charge in [0.25, 0.3) is 0 Å². The molecule has 0 saturated carbocycles. The predicted octanol–water partition coefficient (Wildman–Crippen LogP) is 0.748. The van der Waals surface area contributed by atoms with E-state index in [1.165, 1.54) is 13.2 Å². The average Bonchev–Trinajstić information content (AvgIpc) is 2.03. The van der Waals surface area contributed by atoms with Crippen LogP contribution in [0.3, 0.4) is 0 Å². The summed E-state index contributed by atoms with van der Waals surface area (Å²) >= 11 is 0. The zero-order chi connectivity index (χ0) is 9.19. The molecule has 0 N–H and O–H groups in total. The van der Waals surface area contributed by atoms with Crippen molar-refractivity contribution >= 4 is 10.2 Å². The minimum atomic E-state index is -4.65. The van der Waals surface area contributed by atoms with Gasteiger partial charge in [-0.05, 0) is 6.07 Å². The molecule has 0 aliphatic carbocycles. The Morgan fingerprint density at radius 3 is 2.50 bits per heavy atom. The van der Waals surface area contributed by atoms with Crippen molar-refractivity contribution < 1.29 is 17.0 Å². The van der Waals surface area contributed by atoms with E-state index in [2.05, 4.69) is 9.72 Å². The predicted molar refractivity (Wildman–Crippen MR) is 39.1 cm³/mol. The Balaban J connectivity index is 3.09. The third-order valence-corrected chi connectivity index (χ3v) is 2.00. The van der Waals surface area contributed by atoms with Gasteiger partial charge in [0, 0.05) is 6.07 Å². The maximum atomic E-state index is 12.2. The van der Waals surface area contributed by atoms with Gasteiger partial charge in [0.1, 0.15) is 4.90 Å². The van der Waals surface area contributed by atoms with Crippen LogP contribution in [-0.2, 0) is 10.2 Å². The summed E-state index contributed by atoms with van der Waals surface area (Å²) in [5.74, 6) is 0.238. The summed E-state index contributed by atoms with van der Waals surface area (Å²) in [6.45, 7) is 0. The third kappa shape index (κ3) is 1.91. The molecule has 0 atom stereocenters. The van der Waals surface area contributed by atoms with Crippen LogP contribution in [0.5, 0.6) is 5.88 Å². The second kappa shape index (κ2) is 3.06. The summed E-state index contributed by atoms with van der Waals surface area (Å²) in [5, 5.41) is 0. The minimum Gasteiger partial charge on any atom is -0.481 e. The summed E-state index contributed by atoms with van der Waals surface area (Å²) in [6.07, 6.45) is 0.897. The molecule has 1 rings (SSSR count). The van der Waals surface area contributed by atoms with Gasteiger partial charge < -0.3 is 4.74 Å². The molecule has 0 aliphatic rings. The monoisotopic (exact) mass is 191 g/mol. The highest BCUT2D eigenvalue weighted by molar-refractivity contribution is 7.86. The molecule has 6 heteroatoms. The number of aromatic nitrogens is 1. The summed E-state index contributed by atoms with van der Waals surface area (Å²) in [7, 11) is -3.26. The molecular formula is C6H6FNO3S. The van der Waals surface area contributed by atoms with Crippen molar-refractivity contribution in [3.05, 3.63) is 18.3 Å². The topological polar surface area (TPSA) is 56.3 Å². The Kier molecular flexibility index (Phi) is 2.27. The van der Waals surface area contributed by atoms with Gasteiger partial charge in [0.2, 0.25) is 5.88 Å². The van der Waals surface area contributed by atoms with Crippen LogP contribution in [0.2, 0.25) is 0 Å². The first-order chi connectivity index (χ1) is 5.54. The number of nitrogens with zero attached hydrogens (tertiary/aromatic N) is 1. The first-order valence-corrected chi connectivity index (χ1v) is 4.37. The zero-order valence-corrected chi connectivity index (χ0v) is 7.01. The standard InChI is InChI=1S/C6H6FNO3S/c1-11-6-3-2-5(4-8-6)12(7,9)10/h2-4H,1H3. The second-order valence-electron chi connectivity index (χ2n) is 1.97. The summed E-state index contributed by atoms with van der Waals surface area (Å²) in [4.78, 5) is 3.05. The number of halogens is 1. The quantitative estimate of drug-likeness (QED) is 0.647. The second-order valence-corrected chi connectivity index (χ2v) is 3.32. The van der Waals surface area contributed by atoms with E-state index >= 15 is 0 Å². The average molecular weight is 191 g/mol. The van der Waals surface area contributed by atoms with Gasteiger partial charge in [0.15, 0.2) is 0 Å². The van der Waals surface area contributed by atoms with Crippen LogP contribution in [0.15, 0.2) is 23.2 Å². The Labute approximate surface area is 69.2 Å². The van der Waals surface area contributed by atoms with E-state index in [0.29, 0.717) is 0 Å². The first-order valence-electron chi connectivity index (χ1n) is 2.99. The molecule has 0 spiro atoms. The van der Waals surface area contributed by atoms with Crippen LogP contribution >= 0.6 is 0 Å². The fraction of sp³-hybridized carbons (Fsp3) is 0.167. The van der Waals surface area contributed by atoms with Crippen molar-refractivity contribution in [1.29, 1.82) is 0 Å². The molecule has 66 valence electrons. The van der Waals surface area contributed by atoms with Gasteiger partial charge in [-0.25, -0.2) is 4.98 Å². The molecule has 1 aromatic heterocycles. The highest BCUT2D eigenvalue weighted by Gasteiger charge is 2.11. The molecule has 0 saturated heterocycles. The van der Waals surface area contributed by atoms with Gasteiger partial charge in [-0.3, -0.25) is 0 Å². The molecule has 0 amide bonds. The summed E-state index contributed by atoms with van der Waals surface area (Å²) < 4.78 is 37.5. The van der Waals surface area contributed by atoms with Gasteiger partial charge >= 0.3 is 10.2 Å². The van der Waals surface area contributed by atoms with Crippen LogP contribution < -0.4 is 4.74 Å². The van der Waals surface area contributed by atoms with E-state index in [1.54, 1.807) is 0 Å². The molecule has 1 heterocycles. The fourth-order valence-corrected chi connectivity index (χ4v) is 1.04. The SMILES string of the molecule is COc1ccc(S(=O)(=O)F)cn1. The van der Waals surface area contributed by atoms with Crippen molar-refractivity contribution in [2.24, 2.45) is 0 Å². The largest absolute Gasteiger partial charge is 0.481 e. The van der Waals surface area contributed by atoms with Crippen molar-refractivity contribution in [3.63, 3.8) is 0 Å². The van der Waals surface area contributed by atoms with Crippen LogP contribution in [0, 0.1) is 0 Å². The number of hydrogen-bond donors (Lipinski definition) is 0. The van der Waals surface area contributed by atoms with Crippen LogP contribution in [-0.4, -0.2) is 20.5 Å². The van der Waals surface area contributed by atoms with Crippen LogP contribution in [0.1, 0.15) is 0 Å². The lowest BCUT2D eigenvalue weighted by atomic mass is 10.5. The van der Waals surface area contributed by atoms with Gasteiger partial charge in [-0.1, -0.05) is 0 Å². The Morgan fingerprint density at radius 2 is 2.17 bits per heavy atom. The van der Waals surface area contributed by atoms with E-state index in [9.17, 15) is 12.3 Å². The Bertz CT molecular complexity index is 359. The normalized spacial score (nSPS) is 11.2. The molecule has 4 nitrogen and oxygen atoms in total. The number of rotatable bonds is 2. The molecular weight excluding hydrogens is 185 g/mol. The van der Waals surface area contributed by atoms with Crippen LogP contribution in [0.4, 0.5) is 3.89 Å². The molecule has 0 fully saturated rings. The number of methoxy groups -OCH3 is 1. The Morgan fingerprint density at radius 1 is 1.50 bits per heavy atom. The number of pyridine rings is 1. The zero-order valence-electron chi connectivity index (χ0n) is 6.19. The van der Waals surface area contributed by atoms with E-state index in [0.717, 1.165) is 12.3 Å². The van der Waals surface area contributed by atoms with Crippen molar-refractivity contribution in [1.82, 2.24) is 4.98 Å². The molecule has 12 heavy (non-hydrogen) atoms. The van der Waals surface area contributed by atoms with Gasteiger partial charge in [-0.15, -0.1) is 3.89 Å². The van der Waals surface area contributed by atoms with Crippen LogP contribution in [0.25, 0.3) is 0 Å². The lowest BCUT2D eigenvalue weighted by Crippen LogP contribution is -1.94. The molecule has 0 bridgehead atoms. The minimum absolute atomic E-state index is 0.238. The van der Waals surface area contributed by atoms with Crippen molar-refractivity contribution in [2.45, 2.75) is 4.90 Å². The lowest BCUT2D eigenvalue weighted by Gasteiger charge is -1.97.